The highest BCUT2D eigenvalue weighted by molar-refractivity contribution is 6.33. The molecule has 1 rings (SSSR count). The van der Waals surface area contributed by atoms with Crippen molar-refractivity contribution in [3.63, 3.8) is 0 Å². The van der Waals surface area contributed by atoms with Gasteiger partial charge in [0.25, 0.3) is 0 Å². The van der Waals surface area contributed by atoms with Crippen molar-refractivity contribution in [2.75, 3.05) is 5.73 Å². The summed E-state index contributed by atoms with van der Waals surface area (Å²) in [5, 5.41) is 0. The first kappa shape index (κ1) is 8.39. The third kappa shape index (κ3) is 1.47. The van der Waals surface area contributed by atoms with Crippen molar-refractivity contribution in [1.82, 2.24) is 0 Å². The molecule has 0 aliphatic rings. The second kappa shape index (κ2) is 3.13. The van der Waals surface area contributed by atoms with E-state index >= 15 is 0 Å². The van der Waals surface area contributed by atoms with Crippen molar-refractivity contribution in [1.29, 1.82) is 0 Å². The van der Waals surface area contributed by atoms with Crippen LogP contribution >= 0.6 is 0 Å². The van der Waals surface area contributed by atoms with Crippen molar-refractivity contribution in [2.45, 2.75) is 0 Å². The van der Waals surface area contributed by atoms with Gasteiger partial charge in [0, 0.05) is 5.56 Å². The lowest BCUT2D eigenvalue weighted by Gasteiger charge is -1.97. The summed E-state index contributed by atoms with van der Waals surface area (Å²) in [6.07, 6.45) is 0.130. The molecule has 3 nitrogen and oxygen atoms in total. The van der Waals surface area contributed by atoms with Crippen molar-refractivity contribution >= 4 is 17.8 Å². The first-order valence-electron chi connectivity index (χ1n) is 3.19. The number of benzene rings is 1. The number of nitrogens with two attached hydrogens (primary N) is 1. The van der Waals surface area contributed by atoms with Crippen LogP contribution in [0.25, 0.3) is 0 Å². The van der Waals surface area contributed by atoms with Gasteiger partial charge in [0.1, 0.15) is 5.82 Å². The standard InChI is InChI=1S/C8H6FNO2/c9-6-3-5(8(12)4-11)1-2-7(6)10/h1-4H,10H2. The van der Waals surface area contributed by atoms with Gasteiger partial charge in [-0.1, -0.05) is 0 Å². The maximum atomic E-state index is 12.7. The number of ketones is 1. The van der Waals surface area contributed by atoms with Crippen LogP contribution in [-0.2, 0) is 4.79 Å². The predicted octanol–water partition coefficient (Wildman–Crippen LogP) is 0.790. The molecule has 1 aromatic rings. The molecule has 1 aromatic carbocycles. The Labute approximate surface area is 68.0 Å². The van der Waals surface area contributed by atoms with Crippen LogP contribution in [0.3, 0.4) is 0 Å². The fourth-order valence-corrected chi connectivity index (χ4v) is 0.748. The molecule has 0 bridgehead atoms. The van der Waals surface area contributed by atoms with E-state index in [2.05, 4.69) is 0 Å². The maximum Gasteiger partial charge on any atom is 0.225 e. The monoisotopic (exact) mass is 167 g/mol. The summed E-state index contributed by atoms with van der Waals surface area (Å²) in [5.41, 5.74) is 5.12. The van der Waals surface area contributed by atoms with Crippen molar-refractivity contribution in [3.05, 3.63) is 29.6 Å². The number of hydrogen-bond donors (Lipinski definition) is 1. The molecular formula is C8H6FNO2. The first-order valence-corrected chi connectivity index (χ1v) is 3.19. The van der Waals surface area contributed by atoms with Crippen molar-refractivity contribution < 1.29 is 14.0 Å². The van der Waals surface area contributed by atoms with Crippen LogP contribution in [0.2, 0.25) is 0 Å². The lowest BCUT2D eigenvalue weighted by Crippen LogP contribution is -2.01. The molecule has 0 unspecified atom stereocenters. The second-order valence-corrected chi connectivity index (χ2v) is 2.22. The molecule has 2 N–H and O–H groups in total. The summed E-state index contributed by atoms with van der Waals surface area (Å²) in [6.45, 7) is 0. The number of Topliss-reactive ketones (excluding diaryl/α,β-unsaturated/α-hetero) is 1. The molecule has 0 spiro atoms. The van der Waals surface area contributed by atoms with E-state index in [1.165, 1.54) is 12.1 Å². The molecule has 0 fully saturated rings. The van der Waals surface area contributed by atoms with Gasteiger partial charge in [0.15, 0.2) is 6.29 Å². The number of anilines is 1. The van der Waals surface area contributed by atoms with E-state index in [-0.39, 0.29) is 17.5 Å². The summed E-state index contributed by atoms with van der Waals surface area (Å²) >= 11 is 0. The molecule has 0 radical (unpaired) electrons. The fraction of sp³-hybridized carbons (Fsp3) is 0. The Kier molecular flexibility index (Phi) is 2.19. The molecule has 0 aliphatic carbocycles. The zero-order valence-electron chi connectivity index (χ0n) is 6.08. The van der Waals surface area contributed by atoms with Crippen LogP contribution < -0.4 is 5.73 Å². The van der Waals surface area contributed by atoms with Gasteiger partial charge in [-0.2, -0.15) is 0 Å². The lowest BCUT2D eigenvalue weighted by molar-refractivity contribution is -0.104. The van der Waals surface area contributed by atoms with Crippen LogP contribution in [0.4, 0.5) is 10.1 Å². The van der Waals surface area contributed by atoms with E-state index < -0.39 is 11.6 Å². The Morgan fingerprint density at radius 3 is 2.67 bits per heavy atom. The Morgan fingerprint density at radius 1 is 1.50 bits per heavy atom. The van der Waals surface area contributed by atoms with E-state index in [1.54, 1.807) is 0 Å². The number of halogens is 1. The number of aldehydes is 1. The van der Waals surface area contributed by atoms with E-state index in [0.717, 1.165) is 6.07 Å². The summed E-state index contributed by atoms with van der Waals surface area (Å²) in [4.78, 5) is 20.7. The number of rotatable bonds is 2. The molecule has 0 saturated carbocycles. The molecular weight excluding hydrogens is 161 g/mol. The van der Waals surface area contributed by atoms with Crippen molar-refractivity contribution in [3.8, 4) is 0 Å². The molecule has 0 saturated heterocycles. The third-order valence-corrected chi connectivity index (χ3v) is 1.39. The summed E-state index contributed by atoms with van der Waals surface area (Å²) in [5.74, 6) is -1.45. The Morgan fingerprint density at radius 2 is 2.17 bits per heavy atom. The molecule has 0 aliphatic heterocycles. The molecule has 4 heteroatoms. The molecule has 0 atom stereocenters. The highest BCUT2D eigenvalue weighted by Crippen LogP contribution is 2.11. The van der Waals surface area contributed by atoms with Crippen LogP contribution in [-0.4, -0.2) is 12.1 Å². The Balaban J connectivity index is 3.13. The average Bonchev–Trinajstić information content (AvgIpc) is 2.08. The van der Waals surface area contributed by atoms with Gasteiger partial charge in [0.05, 0.1) is 5.69 Å². The SMILES string of the molecule is Nc1ccc(C(=O)C=O)cc1F. The van der Waals surface area contributed by atoms with E-state index in [1.807, 2.05) is 0 Å². The van der Waals surface area contributed by atoms with Crippen molar-refractivity contribution in [2.24, 2.45) is 0 Å². The van der Waals surface area contributed by atoms with Crippen LogP contribution in [0.5, 0.6) is 0 Å². The number of nitrogen functional groups attached to an aromatic ring is 1. The molecule has 12 heavy (non-hydrogen) atoms. The summed E-state index contributed by atoms with van der Waals surface area (Å²) in [7, 11) is 0. The quantitative estimate of drug-likeness (QED) is 0.306. The highest BCUT2D eigenvalue weighted by Gasteiger charge is 2.06. The van der Waals surface area contributed by atoms with Crippen LogP contribution in [0, 0.1) is 5.82 Å². The van der Waals surface area contributed by atoms with E-state index in [9.17, 15) is 14.0 Å². The minimum atomic E-state index is -0.756. The largest absolute Gasteiger partial charge is 0.396 e. The number of hydrogen-bond acceptors (Lipinski definition) is 3. The van der Waals surface area contributed by atoms with E-state index in [0.29, 0.717) is 0 Å². The first-order chi connectivity index (χ1) is 5.65. The second-order valence-electron chi connectivity index (χ2n) is 2.22. The lowest BCUT2D eigenvalue weighted by atomic mass is 10.1. The fourth-order valence-electron chi connectivity index (χ4n) is 0.748. The molecule has 62 valence electrons. The van der Waals surface area contributed by atoms with Gasteiger partial charge in [0.2, 0.25) is 5.78 Å². The average molecular weight is 167 g/mol. The minimum absolute atomic E-state index is 0.0108. The van der Waals surface area contributed by atoms with Gasteiger partial charge >= 0.3 is 0 Å². The summed E-state index contributed by atoms with van der Waals surface area (Å²) in [6, 6.07) is 3.48. The smallest absolute Gasteiger partial charge is 0.225 e. The number of carbonyl (C=O) groups excluding carboxylic acids is 2. The minimum Gasteiger partial charge on any atom is -0.396 e. The number of carbonyl (C=O) groups is 2. The topological polar surface area (TPSA) is 60.2 Å². The molecule has 0 heterocycles. The van der Waals surface area contributed by atoms with E-state index in [4.69, 9.17) is 5.73 Å². The Bertz CT molecular complexity index is 336. The zero-order valence-corrected chi connectivity index (χ0v) is 6.08. The van der Waals surface area contributed by atoms with Gasteiger partial charge in [-0.3, -0.25) is 9.59 Å². The van der Waals surface area contributed by atoms with Crippen LogP contribution in [0.15, 0.2) is 18.2 Å². The Hall–Kier alpha value is -1.71. The summed E-state index contributed by atoms with van der Waals surface area (Å²) < 4.78 is 12.7. The normalized spacial score (nSPS) is 9.42. The van der Waals surface area contributed by atoms with Gasteiger partial charge in [-0.05, 0) is 18.2 Å². The predicted molar refractivity (Wildman–Crippen MR) is 41.2 cm³/mol. The van der Waals surface area contributed by atoms with Gasteiger partial charge in [-0.25, -0.2) is 4.39 Å². The molecule has 0 amide bonds. The third-order valence-electron chi connectivity index (χ3n) is 1.39. The molecule has 0 aromatic heterocycles. The van der Waals surface area contributed by atoms with Gasteiger partial charge < -0.3 is 5.73 Å². The maximum absolute atomic E-state index is 12.7. The van der Waals surface area contributed by atoms with Gasteiger partial charge in [-0.15, -0.1) is 0 Å². The zero-order chi connectivity index (χ0) is 9.14. The highest BCUT2D eigenvalue weighted by atomic mass is 19.1. The van der Waals surface area contributed by atoms with Crippen LogP contribution in [0.1, 0.15) is 10.4 Å².